The maximum atomic E-state index is 13.2. The summed E-state index contributed by atoms with van der Waals surface area (Å²) in [5.41, 5.74) is 3.15. The Morgan fingerprint density at radius 1 is 1.11 bits per heavy atom. The molecule has 28 heavy (non-hydrogen) atoms. The fraction of sp³-hybridized carbons (Fsp3) is 0.273. The molecule has 1 heterocycles. The minimum atomic E-state index is -0.0537. The second kappa shape index (κ2) is 7.76. The molecule has 6 nitrogen and oxygen atoms in total. The van der Waals surface area contributed by atoms with Crippen LogP contribution in [0, 0.1) is 0 Å². The van der Waals surface area contributed by atoms with Crippen LogP contribution in [0.3, 0.4) is 0 Å². The molecule has 0 radical (unpaired) electrons. The van der Waals surface area contributed by atoms with Crippen molar-refractivity contribution >= 4 is 5.91 Å². The molecule has 0 aliphatic heterocycles. The van der Waals surface area contributed by atoms with Crippen LogP contribution in [-0.2, 0) is 6.54 Å². The largest absolute Gasteiger partial charge is 0.497 e. The van der Waals surface area contributed by atoms with Crippen LogP contribution in [-0.4, -0.2) is 41.3 Å². The van der Waals surface area contributed by atoms with Crippen molar-refractivity contribution in [2.45, 2.75) is 25.4 Å². The van der Waals surface area contributed by atoms with Gasteiger partial charge in [0.15, 0.2) is 0 Å². The van der Waals surface area contributed by atoms with Gasteiger partial charge in [0.1, 0.15) is 17.2 Å². The van der Waals surface area contributed by atoms with E-state index < -0.39 is 0 Å². The Labute approximate surface area is 164 Å². The average molecular weight is 377 g/mol. The van der Waals surface area contributed by atoms with Crippen LogP contribution in [0.4, 0.5) is 0 Å². The second-order valence-corrected chi connectivity index (χ2v) is 6.87. The van der Waals surface area contributed by atoms with Crippen molar-refractivity contribution in [1.82, 2.24) is 15.1 Å². The van der Waals surface area contributed by atoms with E-state index in [-0.39, 0.29) is 11.9 Å². The van der Waals surface area contributed by atoms with Crippen molar-refractivity contribution < 1.29 is 14.3 Å². The third-order valence-corrected chi connectivity index (χ3v) is 4.95. The predicted molar refractivity (Wildman–Crippen MR) is 106 cm³/mol. The number of amides is 1. The number of hydrogen-bond donors (Lipinski definition) is 1. The highest BCUT2D eigenvalue weighted by Gasteiger charge is 2.34. The molecule has 1 aliphatic rings. The van der Waals surface area contributed by atoms with Gasteiger partial charge in [0.2, 0.25) is 0 Å². The van der Waals surface area contributed by atoms with Gasteiger partial charge in [-0.15, -0.1) is 0 Å². The normalized spacial score (nSPS) is 13.2. The summed E-state index contributed by atoms with van der Waals surface area (Å²) in [4.78, 5) is 15.1. The molecule has 0 bridgehead atoms. The van der Waals surface area contributed by atoms with Crippen molar-refractivity contribution in [3.8, 4) is 22.8 Å². The van der Waals surface area contributed by atoms with Gasteiger partial charge < -0.3 is 14.4 Å². The van der Waals surface area contributed by atoms with E-state index in [9.17, 15) is 4.79 Å². The Hall–Kier alpha value is -3.28. The van der Waals surface area contributed by atoms with Gasteiger partial charge in [-0.05, 0) is 37.1 Å². The number of nitrogens with one attached hydrogen (secondary N) is 1. The molecular formula is C22H23N3O3. The predicted octanol–water partition coefficient (Wildman–Crippen LogP) is 3.90. The molecule has 1 aliphatic carbocycles. The topological polar surface area (TPSA) is 67.5 Å². The van der Waals surface area contributed by atoms with E-state index in [4.69, 9.17) is 9.47 Å². The van der Waals surface area contributed by atoms with Crippen molar-refractivity contribution in [3.63, 3.8) is 0 Å². The Morgan fingerprint density at radius 3 is 2.57 bits per heavy atom. The summed E-state index contributed by atoms with van der Waals surface area (Å²) in [7, 11) is 3.26. The van der Waals surface area contributed by atoms with E-state index in [2.05, 4.69) is 10.2 Å². The SMILES string of the molecule is COc1ccc(OC)c(CN(C(=O)c2cc(-c3ccccc3)n[nH]2)C2CC2)c1. The summed E-state index contributed by atoms with van der Waals surface area (Å²) in [6.45, 7) is 0.462. The minimum absolute atomic E-state index is 0.0537. The van der Waals surface area contributed by atoms with E-state index in [0.29, 0.717) is 12.2 Å². The summed E-state index contributed by atoms with van der Waals surface area (Å²) in [5.74, 6) is 1.43. The van der Waals surface area contributed by atoms with E-state index >= 15 is 0 Å². The average Bonchev–Trinajstić information content (AvgIpc) is 3.47. The lowest BCUT2D eigenvalue weighted by molar-refractivity contribution is 0.0722. The Balaban J connectivity index is 1.59. The lowest BCUT2D eigenvalue weighted by Gasteiger charge is -2.23. The number of aromatic nitrogens is 2. The van der Waals surface area contributed by atoms with Crippen LogP contribution in [0.2, 0.25) is 0 Å². The molecule has 144 valence electrons. The molecule has 1 saturated carbocycles. The molecule has 1 N–H and O–H groups in total. The number of methoxy groups -OCH3 is 2. The fourth-order valence-corrected chi connectivity index (χ4v) is 3.28. The summed E-state index contributed by atoms with van der Waals surface area (Å²) in [6.07, 6.45) is 2.02. The highest BCUT2D eigenvalue weighted by atomic mass is 16.5. The van der Waals surface area contributed by atoms with Gasteiger partial charge in [-0.2, -0.15) is 5.10 Å². The molecule has 3 aromatic rings. The van der Waals surface area contributed by atoms with Crippen LogP contribution in [0.15, 0.2) is 54.6 Å². The van der Waals surface area contributed by atoms with Gasteiger partial charge >= 0.3 is 0 Å². The number of benzene rings is 2. The molecule has 0 atom stereocenters. The van der Waals surface area contributed by atoms with Gasteiger partial charge in [-0.1, -0.05) is 30.3 Å². The van der Waals surface area contributed by atoms with Crippen LogP contribution in [0.5, 0.6) is 11.5 Å². The molecule has 6 heteroatoms. The van der Waals surface area contributed by atoms with Gasteiger partial charge in [-0.3, -0.25) is 9.89 Å². The Morgan fingerprint density at radius 2 is 1.89 bits per heavy atom. The van der Waals surface area contributed by atoms with E-state index in [1.807, 2.05) is 59.5 Å². The summed E-state index contributed by atoms with van der Waals surface area (Å²) in [5, 5.41) is 7.23. The first kappa shape index (κ1) is 18.1. The number of rotatable bonds is 7. The fourth-order valence-electron chi connectivity index (χ4n) is 3.28. The molecule has 2 aromatic carbocycles. The van der Waals surface area contributed by atoms with Crippen molar-refractivity contribution in [3.05, 3.63) is 65.9 Å². The summed E-state index contributed by atoms with van der Waals surface area (Å²) >= 11 is 0. The van der Waals surface area contributed by atoms with Crippen molar-refractivity contribution in [2.75, 3.05) is 14.2 Å². The second-order valence-electron chi connectivity index (χ2n) is 6.87. The zero-order valence-electron chi connectivity index (χ0n) is 16.0. The Bertz CT molecular complexity index is 964. The van der Waals surface area contributed by atoms with E-state index in [0.717, 1.165) is 41.2 Å². The monoisotopic (exact) mass is 377 g/mol. The van der Waals surface area contributed by atoms with Crippen molar-refractivity contribution in [1.29, 1.82) is 0 Å². The zero-order valence-corrected chi connectivity index (χ0v) is 16.0. The molecular weight excluding hydrogens is 354 g/mol. The first-order valence-electron chi connectivity index (χ1n) is 9.32. The van der Waals surface area contributed by atoms with E-state index in [1.165, 1.54) is 0 Å². The molecule has 4 rings (SSSR count). The van der Waals surface area contributed by atoms with Gasteiger partial charge in [0.05, 0.1) is 26.5 Å². The summed E-state index contributed by atoms with van der Waals surface area (Å²) < 4.78 is 10.8. The quantitative estimate of drug-likeness (QED) is 0.678. The highest BCUT2D eigenvalue weighted by molar-refractivity contribution is 5.93. The molecule has 1 fully saturated rings. The molecule has 0 unspecified atom stereocenters. The number of ether oxygens (including phenoxy) is 2. The first-order valence-corrected chi connectivity index (χ1v) is 9.32. The standard InChI is InChI=1S/C22H23N3O3/c1-27-18-10-11-21(28-2)16(12-18)14-25(17-8-9-17)22(26)20-13-19(23-24-20)15-6-4-3-5-7-15/h3-7,10-13,17H,8-9,14H2,1-2H3,(H,23,24). The van der Waals surface area contributed by atoms with Gasteiger partial charge in [-0.25, -0.2) is 0 Å². The molecule has 0 saturated heterocycles. The number of hydrogen-bond acceptors (Lipinski definition) is 4. The number of H-pyrrole nitrogens is 1. The highest BCUT2D eigenvalue weighted by Crippen LogP contribution is 2.33. The summed E-state index contributed by atoms with van der Waals surface area (Å²) in [6, 6.07) is 17.5. The van der Waals surface area contributed by atoms with Gasteiger partial charge in [0, 0.05) is 17.2 Å². The third-order valence-electron chi connectivity index (χ3n) is 4.95. The number of carbonyl (C=O) groups is 1. The zero-order chi connectivity index (χ0) is 19.5. The molecule has 1 amide bonds. The van der Waals surface area contributed by atoms with Crippen LogP contribution >= 0.6 is 0 Å². The van der Waals surface area contributed by atoms with Crippen LogP contribution < -0.4 is 9.47 Å². The van der Waals surface area contributed by atoms with Crippen molar-refractivity contribution in [2.24, 2.45) is 0 Å². The first-order chi connectivity index (χ1) is 13.7. The third kappa shape index (κ3) is 3.71. The molecule has 0 spiro atoms. The maximum absolute atomic E-state index is 13.2. The maximum Gasteiger partial charge on any atom is 0.272 e. The number of aromatic amines is 1. The van der Waals surface area contributed by atoms with Crippen LogP contribution in [0.1, 0.15) is 28.9 Å². The Kier molecular flexibility index (Phi) is 5.02. The lowest BCUT2D eigenvalue weighted by atomic mass is 10.1. The number of nitrogens with zero attached hydrogens (tertiary/aromatic N) is 2. The van der Waals surface area contributed by atoms with Crippen LogP contribution in [0.25, 0.3) is 11.3 Å². The smallest absolute Gasteiger partial charge is 0.272 e. The number of carbonyl (C=O) groups excluding carboxylic acids is 1. The van der Waals surface area contributed by atoms with E-state index in [1.54, 1.807) is 14.2 Å². The van der Waals surface area contributed by atoms with Gasteiger partial charge in [0.25, 0.3) is 5.91 Å². The molecule has 1 aromatic heterocycles. The minimum Gasteiger partial charge on any atom is -0.497 e. The lowest BCUT2D eigenvalue weighted by Crippen LogP contribution is -2.33.